The maximum atomic E-state index is 11.1. The molecule has 0 amide bonds. The van der Waals surface area contributed by atoms with E-state index in [0.717, 1.165) is 26.2 Å². The monoisotopic (exact) mass is 200 g/mol. The minimum atomic E-state index is -0.690. The summed E-state index contributed by atoms with van der Waals surface area (Å²) in [6.07, 6.45) is 0. The lowest BCUT2D eigenvalue weighted by atomic mass is 10.0. The summed E-state index contributed by atoms with van der Waals surface area (Å²) < 4.78 is 0. The van der Waals surface area contributed by atoms with Gasteiger partial charge in [0.15, 0.2) is 0 Å². The molecule has 82 valence electrons. The van der Waals surface area contributed by atoms with Gasteiger partial charge in [-0.2, -0.15) is 0 Å². The van der Waals surface area contributed by atoms with Crippen molar-refractivity contribution in [2.24, 2.45) is 5.92 Å². The molecule has 14 heavy (non-hydrogen) atoms. The molecule has 1 aliphatic heterocycles. The minimum absolute atomic E-state index is 0.177. The van der Waals surface area contributed by atoms with Gasteiger partial charge in [0, 0.05) is 26.2 Å². The molecule has 0 aromatic rings. The fourth-order valence-corrected chi connectivity index (χ4v) is 1.96. The van der Waals surface area contributed by atoms with Crippen LogP contribution in [0.5, 0.6) is 0 Å². The summed E-state index contributed by atoms with van der Waals surface area (Å²) in [7, 11) is 2.07. The van der Waals surface area contributed by atoms with Crippen LogP contribution in [0.15, 0.2) is 0 Å². The number of likely N-dealkylation sites (N-methyl/N-ethyl adjacent to an activating group) is 1. The highest BCUT2D eigenvalue weighted by Crippen LogP contribution is 2.13. The lowest BCUT2D eigenvalue weighted by molar-refractivity contribution is -0.145. The van der Waals surface area contributed by atoms with E-state index in [0.29, 0.717) is 0 Å². The standard InChI is InChI=1S/C10H20N2O2/c1-8(2)9(10(13)14)12-6-4-11(3)5-7-12/h8-9H,4-7H2,1-3H3,(H,13,14)/t9-/m1/s1. The second-order valence-corrected chi connectivity index (χ2v) is 4.37. The van der Waals surface area contributed by atoms with Gasteiger partial charge in [0.05, 0.1) is 0 Å². The first-order valence-electron chi connectivity index (χ1n) is 5.17. The lowest BCUT2D eigenvalue weighted by Gasteiger charge is -2.37. The summed E-state index contributed by atoms with van der Waals surface area (Å²) in [5.74, 6) is -0.513. The lowest BCUT2D eigenvalue weighted by Crippen LogP contribution is -2.53. The summed E-state index contributed by atoms with van der Waals surface area (Å²) in [4.78, 5) is 15.4. The number of aliphatic carboxylic acids is 1. The molecule has 0 saturated carbocycles. The van der Waals surface area contributed by atoms with Crippen LogP contribution in [0.25, 0.3) is 0 Å². The first-order valence-corrected chi connectivity index (χ1v) is 5.17. The molecule has 1 rings (SSSR count). The van der Waals surface area contributed by atoms with Crippen LogP contribution in [0.4, 0.5) is 0 Å². The van der Waals surface area contributed by atoms with Crippen molar-refractivity contribution in [1.29, 1.82) is 0 Å². The molecule has 0 aromatic carbocycles. The molecule has 0 bridgehead atoms. The molecule has 0 aliphatic carbocycles. The maximum Gasteiger partial charge on any atom is 0.321 e. The van der Waals surface area contributed by atoms with Crippen LogP contribution in [0.3, 0.4) is 0 Å². The van der Waals surface area contributed by atoms with Gasteiger partial charge in [-0.1, -0.05) is 13.8 Å². The quantitative estimate of drug-likeness (QED) is 0.713. The van der Waals surface area contributed by atoms with Gasteiger partial charge in [0.2, 0.25) is 0 Å². The number of hydrogen-bond acceptors (Lipinski definition) is 3. The molecular formula is C10H20N2O2. The molecule has 0 aromatic heterocycles. The topological polar surface area (TPSA) is 43.8 Å². The fourth-order valence-electron chi connectivity index (χ4n) is 1.96. The predicted molar refractivity (Wildman–Crippen MR) is 55.3 cm³/mol. The van der Waals surface area contributed by atoms with Gasteiger partial charge in [-0.3, -0.25) is 9.69 Å². The molecule has 1 atom stereocenters. The van der Waals surface area contributed by atoms with Crippen LogP contribution in [0, 0.1) is 5.92 Å². The van der Waals surface area contributed by atoms with Gasteiger partial charge in [0.1, 0.15) is 6.04 Å². The average Bonchev–Trinajstić information content (AvgIpc) is 2.07. The number of hydrogen-bond donors (Lipinski definition) is 1. The van der Waals surface area contributed by atoms with Crippen molar-refractivity contribution >= 4 is 5.97 Å². The SMILES string of the molecule is CC(C)[C@H](C(=O)O)N1CCN(C)CC1. The van der Waals surface area contributed by atoms with E-state index < -0.39 is 5.97 Å². The normalized spacial score (nSPS) is 22.6. The molecule has 1 heterocycles. The zero-order valence-corrected chi connectivity index (χ0v) is 9.23. The minimum Gasteiger partial charge on any atom is -0.480 e. The van der Waals surface area contributed by atoms with Gasteiger partial charge >= 0.3 is 5.97 Å². The van der Waals surface area contributed by atoms with E-state index in [9.17, 15) is 4.79 Å². The van der Waals surface area contributed by atoms with Crippen LogP contribution >= 0.6 is 0 Å². The Kier molecular flexibility index (Phi) is 3.89. The highest BCUT2D eigenvalue weighted by atomic mass is 16.4. The molecular weight excluding hydrogens is 180 g/mol. The molecule has 1 fully saturated rings. The Morgan fingerprint density at radius 1 is 1.21 bits per heavy atom. The third-order valence-electron chi connectivity index (χ3n) is 2.82. The molecule has 4 heteroatoms. The van der Waals surface area contributed by atoms with Crippen molar-refractivity contribution in [1.82, 2.24) is 9.80 Å². The highest BCUT2D eigenvalue weighted by molar-refractivity contribution is 5.73. The largest absolute Gasteiger partial charge is 0.480 e. The van der Waals surface area contributed by atoms with E-state index in [4.69, 9.17) is 5.11 Å². The van der Waals surface area contributed by atoms with E-state index in [1.165, 1.54) is 0 Å². The summed E-state index contributed by atoms with van der Waals surface area (Å²) in [5, 5.41) is 9.11. The van der Waals surface area contributed by atoms with Crippen LogP contribution in [-0.2, 0) is 4.79 Å². The van der Waals surface area contributed by atoms with Crippen molar-refractivity contribution in [2.75, 3.05) is 33.2 Å². The zero-order chi connectivity index (χ0) is 10.7. The van der Waals surface area contributed by atoms with Crippen molar-refractivity contribution < 1.29 is 9.90 Å². The molecule has 0 spiro atoms. The Hall–Kier alpha value is -0.610. The third-order valence-corrected chi connectivity index (χ3v) is 2.82. The second-order valence-electron chi connectivity index (χ2n) is 4.37. The Bertz CT molecular complexity index is 198. The first kappa shape index (κ1) is 11.5. The van der Waals surface area contributed by atoms with Gasteiger partial charge in [-0.25, -0.2) is 0 Å². The number of piperazine rings is 1. The van der Waals surface area contributed by atoms with Crippen LogP contribution in [0.2, 0.25) is 0 Å². The number of rotatable bonds is 3. The Labute approximate surface area is 85.5 Å². The van der Waals surface area contributed by atoms with Crippen molar-refractivity contribution in [3.05, 3.63) is 0 Å². The predicted octanol–water partition coefficient (Wildman–Crippen LogP) is 0.343. The summed E-state index contributed by atoms with van der Waals surface area (Å²) in [6, 6.07) is -0.316. The third kappa shape index (κ3) is 2.69. The molecule has 1 N–H and O–H groups in total. The average molecular weight is 200 g/mol. The van der Waals surface area contributed by atoms with E-state index in [1.807, 2.05) is 13.8 Å². The number of carboxylic acids is 1. The van der Waals surface area contributed by atoms with Gasteiger partial charge < -0.3 is 10.0 Å². The molecule has 1 saturated heterocycles. The smallest absolute Gasteiger partial charge is 0.321 e. The molecule has 4 nitrogen and oxygen atoms in total. The maximum absolute atomic E-state index is 11.1. The summed E-state index contributed by atoms with van der Waals surface area (Å²) in [6.45, 7) is 7.61. The van der Waals surface area contributed by atoms with Crippen molar-refractivity contribution in [2.45, 2.75) is 19.9 Å². The first-order chi connectivity index (χ1) is 6.52. The van der Waals surface area contributed by atoms with Crippen molar-refractivity contribution in [3.63, 3.8) is 0 Å². The summed E-state index contributed by atoms with van der Waals surface area (Å²) in [5.41, 5.74) is 0. The second kappa shape index (κ2) is 4.75. The van der Waals surface area contributed by atoms with Crippen LogP contribution in [0.1, 0.15) is 13.8 Å². The van der Waals surface area contributed by atoms with E-state index in [-0.39, 0.29) is 12.0 Å². The van der Waals surface area contributed by atoms with Crippen molar-refractivity contribution in [3.8, 4) is 0 Å². The van der Waals surface area contributed by atoms with E-state index in [2.05, 4.69) is 16.8 Å². The number of nitrogens with zero attached hydrogens (tertiary/aromatic N) is 2. The Morgan fingerprint density at radius 3 is 2.07 bits per heavy atom. The molecule has 0 unspecified atom stereocenters. The van der Waals surface area contributed by atoms with Crippen LogP contribution < -0.4 is 0 Å². The van der Waals surface area contributed by atoms with E-state index in [1.54, 1.807) is 0 Å². The zero-order valence-electron chi connectivity index (χ0n) is 9.23. The van der Waals surface area contributed by atoms with E-state index >= 15 is 0 Å². The van der Waals surface area contributed by atoms with Gasteiger partial charge in [0.25, 0.3) is 0 Å². The molecule has 0 radical (unpaired) electrons. The number of carboxylic acid groups (broad SMARTS) is 1. The fraction of sp³-hybridized carbons (Fsp3) is 0.900. The molecule has 1 aliphatic rings. The Balaban J connectivity index is 2.56. The van der Waals surface area contributed by atoms with Crippen LogP contribution in [-0.4, -0.2) is 60.1 Å². The Morgan fingerprint density at radius 2 is 1.71 bits per heavy atom. The van der Waals surface area contributed by atoms with Gasteiger partial charge in [-0.05, 0) is 13.0 Å². The number of carbonyl (C=O) groups is 1. The van der Waals surface area contributed by atoms with Gasteiger partial charge in [-0.15, -0.1) is 0 Å². The summed E-state index contributed by atoms with van der Waals surface area (Å²) >= 11 is 0. The highest BCUT2D eigenvalue weighted by Gasteiger charge is 2.30.